The second kappa shape index (κ2) is 5.37. The molecule has 0 aliphatic heterocycles. The molecule has 1 aromatic carbocycles. The van der Waals surface area contributed by atoms with Crippen molar-refractivity contribution in [2.24, 2.45) is 0 Å². The Bertz CT molecular complexity index is 604. The van der Waals surface area contributed by atoms with E-state index >= 15 is 0 Å². The highest BCUT2D eigenvalue weighted by molar-refractivity contribution is 9.10. The van der Waals surface area contributed by atoms with Crippen molar-refractivity contribution < 1.29 is 9.90 Å². The standard InChI is InChI=1S/C12H8BrClN2O2/c13-7-3-4-9(8(14)6-7)16-12(18)11-10(17)2-1-5-15-11/h1-6,17H,(H,16,18). The van der Waals surface area contributed by atoms with Gasteiger partial charge in [0.25, 0.3) is 5.91 Å². The maximum absolute atomic E-state index is 11.9. The van der Waals surface area contributed by atoms with Gasteiger partial charge in [0, 0.05) is 10.7 Å². The van der Waals surface area contributed by atoms with Crippen LogP contribution < -0.4 is 5.32 Å². The van der Waals surface area contributed by atoms with Gasteiger partial charge in [-0.3, -0.25) is 4.79 Å². The predicted molar refractivity (Wildman–Crippen MR) is 73.0 cm³/mol. The monoisotopic (exact) mass is 326 g/mol. The zero-order chi connectivity index (χ0) is 13.1. The van der Waals surface area contributed by atoms with Crippen LogP contribution in [0.15, 0.2) is 41.0 Å². The van der Waals surface area contributed by atoms with Gasteiger partial charge in [0.05, 0.1) is 10.7 Å². The topological polar surface area (TPSA) is 62.2 Å². The van der Waals surface area contributed by atoms with E-state index in [1.165, 1.54) is 12.3 Å². The first kappa shape index (κ1) is 12.9. The van der Waals surface area contributed by atoms with Crippen LogP contribution in [0, 0.1) is 0 Å². The molecule has 0 radical (unpaired) electrons. The number of carbonyl (C=O) groups excluding carboxylic acids is 1. The summed E-state index contributed by atoms with van der Waals surface area (Å²) in [5, 5.41) is 12.5. The molecule has 0 bridgehead atoms. The molecule has 0 unspecified atom stereocenters. The summed E-state index contributed by atoms with van der Waals surface area (Å²) in [5.74, 6) is -0.694. The van der Waals surface area contributed by atoms with Gasteiger partial charge in [-0.05, 0) is 30.3 Å². The van der Waals surface area contributed by atoms with Crippen LogP contribution in [0.1, 0.15) is 10.5 Å². The van der Waals surface area contributed by atoms with Crippen LogP contribution >= 0.6 is 27.5 Å². The first-order chi connectivity index (χ1) is 8.58. The average Bonchev–Trinajstić information content (AvgIpc) is 2.33. The molecule has 0 aliphatic carbocycles. The minimum Gasteiger partial charge on any atom is -0.505 e. The Balaban J connectivity index is 2.24. The number of halogens is 2. The molecule has 0 spiro atoms. The van der Waals surface area contributed by atoms with Crippen molar-refractivity contribution in [2.45, 2.75) is 0 Å². The fraction of sp³-hybridized carbons (Fsp3) is 0. The van der Waals surface area contributed by atoms with Crippen LogP contribution in [-0.2, 0) is 0 Å². The number of pyridine rings is 1. The number of nitrogens with one attached hydrogen (secondary N) is 1. The SMILES string of the molecule is O=C(Nc1ccc(Br)cc1Cl)c1ncccc1O. The number of aromatic hydroxyl groups is 1. The molecule has 1 heterocycles. The zero-order valence-electron chi connectivity index (χ0n) is 9.02. The van der Waals surface area contributed by atoms with Crippen LogP contribution in [0.2, 0.25) is 5.02 Å². The number of hydrogen-bond acceptors (Lipinski definition) is 3. The van der Waals surface area contributed by atoms with E-state index in [0.717, 1.165) is 4.47 Å². The predicted octanol–water partition coefficient (Wildman–Crippen LogP) is 3.46. The summed E-state index contributed by atoms with van der Waals surface area (Å²) < 4.78 is 0.811. The molecular formula is C12H8BrClN2O2. The molecule has 2 aromatic rings. The number of nitrogens with zero attached hydrogens (tertiary/aromatic N) is 1. The summed E-state index contributed by atoms with van der Waals surface area (Å²) in [6.07, 6.45) is 1.43. The van der Waals surface area contributed by atoms with Crippen LogP contribution in [-0.4, -0.2) is 16.0 Å². The molecular weight excluding hydrogens is 320 g/mol. The Hall–Kier alpha value is -1.59. The fourth-order valence-corrected chi connectivity index (χ4v) is 2.06. The normalized spacial score (nSPS) is 10.1. The van der Waals surface area contributed by atoms with E-state index in [-0.39, 0.29) is 11.4 Å². The highest BCUT2D eigenvalue weighted by Crippen LogP contribution is 2.26. The lowest BCUT2D eigenvalue weighted by atomic mass is 10.2. The first-order valence-electron chi connectivity index (χ1n) is 4.98. The highest BCUT2D eigenvalue weighted by Gasteiger charge is 2.13. The molecule has 6 heteroatoms. The molecule has 18 heavy (non-hydrogen) atoms. The Morgan fingerprint density at radius 1 is 1.39 bits per heavy atom. The van der Waals surface area contributed by atoms with Crippen molar-refractivity contribution >= 4 is 39.1 Å². The maximum atomic E-state index is 11.9. The van der Waals surface area contributed by atoms with E-state index in [4.69, 9.17) is 11.6 Å². The molecule has 0 saturated carbocycles. The van der Waals surface area contributed by atoms with E-state index < -0.39 is 5.91 Å². The minimum absolute atomic E-state index is 0.0449. The van der Waals surface area contributed by atoms with Crippen molar-refractivity contribution in [3.8, 4) is 5.75 Å². The summed E-state index contributed by atoms with van der Waals surface area (Å²) in [7, 11) is 0. The number of carbonyl (C=O) groups is 1. The lowest BCUT2D eigenvalue weighted by Crippen LogP contribution is -2.14. The smallest absolute Gasteiger partial charge is 0.278 e. The number of benzene rings is 1. The highest BCUT2D eigenvalue weighted by atomic mass is 79.9. The molecule has 0 fully saturated rings. The van der Waals surface area contributed by atoms with E-state index in [9.17, 15) is 9.90 Å². The Morgan fingerprint density at radius 3 is 2.83 bits per heavy atom. The summed E-state index contributed by atoms with van der Waals surface area (Å²) in [4.78, 5) is 15.7. The van der Waals surface area contributed by atoms with Crippen molar-refractivity contribution in [2.75, 3.05) is 5.32 Å². The molecule has 92 valence electrons. The summed E-state index contributed by atoms with van der Waals surface area (Å²) in [6.45, 7) is 0. The van der Waals surface area contributed by atoms with Crippen LogP contribution in [0.5, 0.6) is 5.75 Å². The van der Waals surface area contributed by atoms with E-state index in [1.807, 2.05) is 0 Å². The Labute approximate surface area is 117 Å². The van der Waals surface area contributed by atoms with Gasteiger partial charge in [-0.1, -0.05) is 27.5 Å². The number of rotatable bonds is 2. The van der Waals surface area contributed by atoms with Crippen LogP contribution in [0.3, 0.4) is 0 Å². The number of amides is 1. The third kappa shape index (κ3) is 2.80. The van der Waals surface area contributed by atoms with Crippen molar-refractivity contribution in [1.29, 1.82) is 0 Å². The molecule has 0 saturated heterocycles. The molecule has 2 N–H and O–H groups in total. The van der Waals surface area contributed by atoms with E-state index in [0.29, 0.717) is 10.7 Å². The quantitative estimate of drug-likeness (QED) is 0.888. The summed E-state index contributed by atoms with van der Waals surface area (Å²) in [5.41, 5.74) is 0.409. The molecule has 0 atom stereocenters. The second-order valence-corrected chi connectivity index (χ2v) is 4.77. The van der Waals surface area contributed by atoms with E-state index in [1.54, 1.807) is 24.3 Å². The van der Waals surface area contributed by atoms with Crippen molar-refractivity contribution in [3.05, 3.63) is 51.7 Å². The Kier molecular flexibility index (Phi) is 3.84. The van der Waals surface area contributed by atoms with Crippen LogP contribution in [0.4, 0.5) is 5.69 Å². The van der Waals surface area contributed by atoms with Gasteiger partial charge in [-0.15, -0.1) is 0 Å². The molecule has 2 rings (SSSR count). The Morgan fingerprint density at radius 2 is 2.17 bits per heavy atom. The summed E-state index contributed by atoms with van der Waals surface area (Å²) >= 11 is 9.24. The maximum Gasteiger partial charge on any atom is 0.278 e. The van der Waals surface area contributed by atoms with Gasteiger partial charge in [0.15, 0.2) is 5.69 Å². The van der Waals surface area contributed by atoms with Gasteiger partial charge in [0.2, 0.25) is 0 Å². The average molecular weight is 328 g/mol. The zero-order valence-corrected chi connectivity index (χ0v) is 11.4. The van der Waals surface area contributed by atoms with Gasteiger partial charge >= 0.3 is 0 Å². The van der Waals surface area contributed by atoms with Gasteiger partial charge in [0.1, 0.15) is 5.75 Å². The number of hydrogen-bond donors (Lipinski definition) is 2. The van der Waals surface area contributed by atoms with Crippen molar-refractivity contribution in [3.63, 3.8) is 0 Å². The van der Waals surface area contributed by atoms with Gasteiger partial charge < -0.3 is 10.4 Å². The number of anilines is 1. The van der Waals surface area contributed by atoms with Gasteiger partial charge in [-0.25, -0.2) is 4.98 Å². The minimum atomic E-state index is -0.516. The molecule has 4 nitrogen and oxygen atoms in total. The lowest BCUT2D eigenvalue weighted by Gasteiger charge is -2.07. The summed E-state index contributed by atoms with van der Waals surface area (Å²) in [6, 6.07) is 8.00. The molecule has 1 amide bonds. The first-order valence-corrected chi connectivity index (χ1v) is 6.15. The third-order valence-corrected chi connectivity index (χ3v) is 2.99. The number of aromatic nitrogens is 1. The van der Waals surface area contributed by atoms with Crippen LogP contribution in [0.25, 0.3) is 0 Å². The van der Waals surface area contributed by atoms with Gasteiger partial charge in [-0.2, -0.15) is 0 Å². The molecule has 1 aromatic heterocycles. The largest absolute Gasteiger partial charge is 0.505 e. The second-order valence-electron chi connectivity index (χ2n) is 3.45. The van der Waals surface area contributed by atoms with Crippen molar-refractivity contribution in [1.82, 2.24) is 4.98 Å². The van der Waals surface area contributed by atoms with E-state index in [2.05, 4.69) is 26.2 Å². The fourth-order valence-electron chi connectivity index (χ4n) is 1.34. The lowest BCUT2D eigenvalue weighted by molar-refractivity contribution is 0.101. The molecule has 0 aliphatic rings. The third-order valence-electron chi connectivity index (χ3n) is 2.18.